The second-order valence-electron chi connectivity index (χ2n) is 6.36. The van der Waals surface area contributed by atoms with Crippen LogP contribution in [0.1, 0.15) is 22.8 Å². The third-order valence-electron chi connectivity index (χ3n) is 4.39. The van der Waals surface area contributed by atoms with Crippen LogP contribution in [-0.4, -0.2) is 48.3 Å². The molecule has 0 aliphatic carbocycles. The summed E-state index contributed by atoms with van der Waals surface area (Å²) in [5.74, 6) is 2.19. The van der Waals surface area contributed by atoms with E-state index in [1.54, 1.807) is 59.6 Å². The zero-order chi connectivity index (χ0) is 20.8. The number of anilines is 1. The van der Waals surface area contributed by atoms with Crippen LogP contribution in [0.25, 0.3) is 6.08 Å². The SMILES string of the molecule is COc1ccc(C(=O)C(C)=Cc2ccc(OC)c(OC)c2OC)cc1N(C)C. The van der Waals surface area contributed by atoms with Crippen molar-refractivity contribution in [1.82, 2.24) is 0 Å². The lowest BCUT2D eigenvalue weighted by atomic mass is 10.0. The molecule has 0 aromatic heterocycles. The Labute approximate surface area is 166 Å². The van der Waals surface area contributed by atoms with Crippen LogP contribution in [0.4, 0.5) is 5.69 Å². The number of Topliss-reactive ketones (excluding diaryl/α,β-unsaturated/α-hetero) is 1. The van der Waals surface area contributed by atoms with Gasteiger partial charge in [0.15, 0.2) is 17.3 Å². The number of hydrogen-bond acceptors (Lipinski definition) is 6. The minimum atomic E-state index is -0.0809. The molecule has 0 atom stereocenters. The summed E-state index contributed by atoms with van der Waals surface area (Å²) in [6.45, 7) is 1.78. The number of ketones is 1. The van der Waals surface area contributed by atoms with Crippen molar-refractivity contribution in [2.45, 2.75) is 6.92 Å². The van der Waals surface area contributed by atoms with Gasteiger partial charge in [-0.25, -0.2) is 0 Å². The van der Waals surface area contributed by atoms with Gasteiger partial charge in [0, 0.05) is 25.2 Å². The van der Waals surface area contributed by atoms with E-state index >= 15 is 0 Å². The predicted molar refractivity (Wildman–Crippen MR) is 111 cm³/mol. The fourth-order valence-electron chi connectivity index (χ4n) is 2.95. The van der Waals surface area contributed by atoms with E-state index in [0.29, 0.717) is 34.1 Å². The van der Waals surface area contributed by atoms with E-state index in [9.17, 15) is 4.79 Å². The smallest absolute Gasteiger partial charge is 0.203 e. The molecule has 2 aromatic carbocycles. The van der Waals surface area contributed by atoms with E-state index in [4.69, 9.17) is 18.9 Å². The number of hydrogen-bond donors (Lipinski definition) is 0. The Morgan fingerprint density at radius 3 is 2.00 bits per heavy atom. The molecule has 0 unspecified atom stereocenters. The summed E-state index contributed by atoms with van der Waals surface area (Å²) < 4.78 is 21.6. The number of nitrogens with zero attached hydrogens (tertiary/aromatic N) is 1. The highest BCUT2D eigenvalue weighted by molar-refractivity contribution is 6.11. The molecule has 0 bridgehead atoms. The van der Waals surface area contributed by atoms with Crippen molar-refractivity contribution in [3.8, 4) is 23.0 Å². The molecule has 0 heterocycles. The van der Waals surface area contributed by atoms with E-state index in [2.05, 4.69) is 0 Å². The summed E-state index contributed by atoms with van der Waals surface area (Å²) in [5, 5.41) is 0. The van der Waals surface area contributed by atoms with Crippen molar-refractivity contribution in [3.63, 3.8) is 0 Å². The zero-order valence-electron chi connectivity index (χ0n) is 17.5. The third-order valence-corrected chi connectivity index (χ3v) is 4.39. The number of rotatable bonds is 8. The molecular formula is C22H27NO5. The molecule has 0 aliphatic heterocycles. The maximum atomic E-state index is 13.0. The van der Waals surface area contributed by atoms with Crippen molar-refractivity contribution in [2.24, 2.45) is 0 Å². The summed E-state index contributed by atoms with van der Waals surface area (Å²) in [6.07, 6.45) is 1.78. The van der Waals surface area contributed by atoms with Gasteiger partial charge in [-0.15, -0.1) is 0 Å². The molecule has 28 heavy (non-hydrogen) atoms. The molecule has 0 fully saturated rings. The number of benzene rings is 2. The molecule has 2 rings (SSSR count). The van der Waals surface area contributed by atoms with Gasteiger partial charge in [-0.2, -0.15) is 0 Å². The fourth-order valence-corrected chi connectivity index (χ4v) is 2.95. The molecule has 6 nitrogen and oxygen atoms in total. The van der Waals surface area contributed by atoms with Crippen LogP contribution in [0.3, 0.4) is 0 Å². The Kier molecular flexibility index (Phi) is 6.93. The Bertz CT molecular complexity index is 887. The van der Waals surface area contributed by atoms with Gasteiger partial charge in [-0.05, 0) is 48.9 Å². The van der Waals surface area contributed by atoms with Gasteiger partial charge in [0.25, 0.3) is 0 Å². The van der Waals surface area contributed by atoms with Crippen LogP contribution in [0, 0.1) is 0 Å². The molecule has 150 valence electrons. The second kappa shape index (κ2) is 9.17. The first-order valence-corrected chi connectivity index (χ1v) is 8.75. The Morgan fingerprint density at radius 1 is 0.857 bits per heavy atom. The highest BCUT2D eigenvalue weighted by atomic mass is 16.5. The topological polar surface area (TPSA) is 57.2 Å². The van der Waals surface area contributed by atoms with Crippen molar-refractivity contribution < 1.29 is 23.7 Å². The van der Waals surface area contributed by atoms with Gasteiger partial charge in [0.05, 0.1) is 34.1 Å². The van der Waals surface area contributed by atoms with E-state index in [0.717, 1.165) is 11.3 Å². The normalized spacial score (nSPS) is 11.0. The molecule has 2 aromatic rings. The highest BCUT2D eigenvalue weighted by Crippen LogP contribution is 2.40. The van der Waals surface area contributed by atoms with Crippen LogP contribution in [0.15, 0.2) is 35.9 Å². The van der Waals surface area contributed by atoms with Crippen molar-refractivity contribution >= 4 is 17.5 Å². The Balaban J connectivity index is 2.46. The van der Waals surface area contributed by atoms with Crippen LogP contribution in [0.5, 0.6) is 23.0 Å². The summed E-state index contributed by atoms with van der Waals surface area (Å²) >= 11 is 0. The zero-order valence-corrected chi connectivity index (χ0v) is 17.5. The monoisotopic (exact) mass is 385 g/mol. The van der Waals surface area contributed by atoms with Crippen molar-refractivity contribution in [3.05, 3.63) is 47.0 Å². The maximum Gasteiger partial charge on any atom is 0.203 e. The Morgan fingerprint density at radius 2 is 1.46 bits per heavy atom. The van der Waals surface area contributed by atoms with Gasteiger partial charge in [-0.3, -0.25) is 4.79 Å². The minimum absolute atomic E-state index is 0.0809. The molecule has 0 amide bonds. The van der Waals surface area contributed by atoms with Gasteiger partial charge in [-0.1, -0.05) is 0 Å². The van der Waals surface area contributed by atoms with E-state index in [1.807, 2.05) is 31.1 Å². The molecule has 0 radical (unpaired) electrons. The minimum Gasteiger partial charge on any atom is -0.495 e. The standard InChI is InChI=1S/C22H27NO5/c1-14(12-16-9-11-19(26-5)22(28-7)21(16)27-6)20(24)15-8-10-18(25-4)17(13-15)23(2)3/h8-13H,1-7H3. The number of methoxy groups -OCH3 is 4. The lowest BCUT2D eigenvalue weighted by molar-refractivity contribution is 0.103. The van der Waals surface area contributed by atoms with E-state index < -0.39 is 0 Å². The summed E-state index contributed by atoms with van der Waals surface area (Å²) in [6, 6.07) is 8.99. The summed E-state index contributed by atoms with van der Waals surface area (Å²) in [7, 11) is 10.1. The number of allylic oxidation sites excluding steroid dienone is 1. The third kappa shape index (κ3) is 4.22. The van der Waals surface area contributed by atoms with Crippen molar-refractivity contribution in [1.29, 1.82) is 0 Å². The molecular weight excluding hydrogens is 358 g/mol. The average molecular weight is 385 g/mol. The summed E-state index contributed by atoms with van der Waals surface area (Å²) in [5.41, 5.74) is 2.72. The van der Waals surface area contributed by atoms with Gasteiger partial charge >= 0.3 is 0 Å². The van der Waals surface area contributed by atoms with Gasteiger partial charge in [0.1, 0.15) is 5.75 Å². The fraction of sp³-hybridized carbons (Fsp3) is 0.318. The van der Waals surface area contributed by atoms with Crippen LogP contribution >= 0.6 is 0 Å². The quantitative estimate of drug-likeness (QED) is 0.504. The number of carbonyl (C=O) groups is 1. The predicted octanol–water partition coefficient (Wildman–Crippen LogP) is 4.07. The molecule has 0 aliphatic rings. The first-order valence-electron chi connectivity index (χ1n) is 8.75. The first-order chi connectivity index (χ1) is 13.4. The second-order valence-corrected chi connectivity index (χ2v) is 6.36. The maximum absolute atomic E-state index is 13.0. The average Bonchev–Trinajstić information content (AvgIpc) is 2.71. The van der Waals surface area contributed by atoms with Crippen LogP contribution in [0.2, 0.25) is 0 Å². The largest absolute Gasteiger partial charge is 0.495 e. The van der Waals surface area contributed by atoms with E-state index in [1.165, 1.54) is 0 Å². The first kappa shape index (κ1) is 21.2. The lowest BCUT2D eigenvalue weighted by Crippen LogP contribution is -2.11. The van der Waals surface area contributed by atoms with E-state index in [-0.39, 0.29) is 5.78 Å². The molecule has 0 N–H and O–H groups in total. The van der Waals surface area contributed by atoms with Crippen molar-refractivity contribution in [2.75, 3.05) is 47.4 Å². The summed E-state index contributed by atoms with van der Waals surface area (Å²) in [4.78, 5) is 14.9. The molecule has 6 heteroatoms. The van der Waals surface area contributed by atoms with Gasteiger partial charge < -0.3 is 23.8 Å². The highest BCUT2D eigenvalue weighted by Gasteiger charge is 2.17. The Hall–Kier alpha value is -3.15. The lowest BCUT2D eigenvalue weighted by Gasteiger charge is -2.17. The molecule has 0 saturated heterocycles. The molecule has 0 saturated carbocycles. The number of ether oxygens (including phenoxy) is 4. The molecule has 0 spiro atoms. The number of carbonyl (C=O) groups excluding carboxylic acids is 1. The van der Waals surface area contributed by atoms with Crippen LogP contribution in [-0.2, 0) is 0 Å². The van der Waals surface area contributed by atoms with Gasteiger partial charge in [0.2, 0.25) is 5.75 Å². The van der Waals surface area contributed by atoms with Crippen LogP contribution < -0.4 is 23.8 Å².